The maximum atomic E-state index is 8.05. The van der Waals surface area contributed by atoms with Crippen LogP contribution in [0, 0.1) is 6.57 Å². The van der Waals surface area contributed by atoms with Gasteiger partial charge in [-0.3, -0.25) is 0 Å². The largest absolute Gasteiger partial charge is 0.385 e. The van der Waals surface area contributed by atoms with Crippen LogP contribution in [0.3, 0.4) is 0 Å². The minimum Gasteiger partial charge on any atom is -0.385 e. The molecule has 0 aliphatic carbocycles. The van der Waals surface area contributed by atoms with Crippen molar-refractivity contribution in [2.45, 2.75) is 6.42 Å². The molecule has 1 aromatic rings. The van der Waals surface area contributed by atoms with Crippen LogP contribution in [0.25, 0.3) is 15.3 Å². The van der Waals surface area contributed by atoms with Gasteiger partial charge in [-0.25, -0.2) is 4.85 Å². The topological polar surface area (TPSA) is 65.2 Å². The van der Waals surface area contributed by atoms with Crippen molar-refractivity contribution in [1.29, 1.82) is 0 Å². The number of nitrogens with one attached hydrogen (secondary N) is 1. The molecule has 0 aliphatic heterocycles. The molecule has 15 heavy (non-hydrogen) atoms. The Morgan fingerprint density at radius 3 is 2.67 bits per heavy atom. The standard InChI is InChI=1S/C10H11N5/c1-12-9-3-5-10(6-4-9)13-7-2-8-14-15-11/h3-6,13H,2,7-8H2. The fourth-order valence-electron chi connectivity index (χ4n) is 1.08. The Hall–Kier alpha value is -2.18. The predicted octanol–water partition coefficient (Wildman–Crippen LogP) is 3.35. The Morgan fingerprint density at radius 1 is 1.33 bits per heavy atom. The van der Waals surface area contributed by atoms with Gasteiger partial charge in [0.25, 0.3) is 0 Å². The number of benzene rings is 1. The Labute approximate surface area is 88.2 Å². The molecular weight excluding hydrogens is 190 g/mol. The van der Waals surface area contributed by atoms with E-state index in [0.29, 0.717) is 12.2 Å². The van der Waals surface area contributed by atoms with E-state index in [1.54, 1.807) is 12.1 Å². The molecule has 0 heterocycles. The van der Waals surface area contributed by atoms with E-state index < -0.39 is 0 Å². The van der Waals surface area contributed by atoms with Gasteiger partial charge in [0.1, 0.15) is 0 Å². The van der Waals surface area contributed by atoms with Crippen LogP contribution in [0.2, 0.25) is 0 Å². The van der Waals surface area contributed by atoms with Crippen molar-refractivity contribution in [3.8, 4) is 0 Å². The van der Waals surface area contributed by atoms with Crippen molar-refractivity contribution in [2.75, 3.05) is 18.4 Å². The predicted molar refractivity (Wildman–Crippen MR) is 59.8 cm³/mol. The van der Waals surface area contributed by atoms with E-state index in [0.717, 1.165) is 18.7 Å². The van der Waals surface area contributed by atoms with Gasteiger partial charge in [0.2, 0.25) is 0 Å². The third-order valence-electron chi connectivity index (χ3n) is 1.82. The molecular formula is C10H11N5. The minimum absolute atomic E-state index is 0.504. The van der Waals surface area contributed by atoms with Crippen molar-refractivity contribution in [2.24, 2.45) is 5.11 Å². The normalized spacial score (nSPS) is 8.73. The number of rotatable bonds is 5. The molecule has 0 fully saturated rings. The van der Waals surface area contributed by atoms with Crippen LogP contribution in [0.1, 0.15) is 6.42 Å². The quantitative estimate of drug-likeness (QED) is 0.256. The zero-order valence-electron chi connectivity index (χ0n) is 8.22. The van der Waals surface area contributed by atoms with Gasteiger partial charge in [-0.05, 0) is 24.1 Å². The molecule has 0 aliphatic rings. The minimum atomic E-state index is 0.504. The van der Waals surface area contributed by atoms with E-state index in [2.05, 4.69) is 20.2 Å². The highest BCUT2D eigenvalue weighted by Crippen LogP contribution is 2.15. The second-order valence-corrected chi connectivity index (χ2v) is 2.89. The maximum Gasteiger partial charge on any atom is 0.187 e. The van der Waals surface area contributed by atoms with Crippen LogP contribution in [-0.2, 0) is 0 Å². The van der Waals surface area contributed by atoms with Gasteiger partial charge in [-0.15, -0.1) is 0 Å². The first-order chi connectivity index (χ1) is 7.36. The first-order valence-electron chi connectivity index (χ1n) is 4.59. The zero-order chi connectivity index (χ0) is 10.9. The smallest absolute Gasteiger partial charge is 0.187 e. The Bertz CT molecular complexity index is 383. The van der Waals surface area contributed by atoms with Gasteiger partial charge in [0, 0.05) is 23.7 Å². The van der Waals surface area contributed by atoms with E-state index in [4.69, 9.17) is 12.1 Å². The van der Waals surface area contributed by atoms with Crippen LogP contribution < -0.4 is 5.32 Å². The Balaban J connectivity index is 2.32. The molecule has 5 nitrogen and oxygen atoms in total. The van der Waals surface area contributed by atoms with Crippen LogP contribution >= 0.6 is 0 Å². The van der Waals surface area contributed by atoms with E-state index in [9.17, 15) is 0 Å². The summed E-state index contributed by atoms with van der Waals surface area (Å²) in [4.78, 5) is 5.97. The average Bonchev–Trinajstić information content (AvgIpc) is 2.30. The highest BCUT2D eigenvalue weighted by molar-refractivity contribution is 5.53. The molecule has 0 aromatic heterocycles. The molecule has 0 saturated carbocycles. The second-order valence-electron chi connectivity index (χ2n) is 2.89. The van der Waals surface area contributed by atoms with E-state index >= 15 is 0 Å². The summed E-state index contributed by atoms with van der Waals surface area (Å²) >= 11 is 0. The van der Waals surface area contributed by atoms with Crippen molar-refractivity contribution in [3.05, 3.63) is 46.1 Å². The van der Waals surface area contributed by atoms with E-state index in [-0.39, 0.29) is 0 Å². The lowest BCUT2D eigenvalue weighted by atomic mass is 10.3. The van der Waals surface area contributed by atoms with E-state index in [1.807, 2.05) is 12.1 Å². The fourth-order valence-corrected chi connectivity index (χ4v) is 1.08. The second kappa shape index (κ2) is 6.30. The number of anilines is 1. The molecule has 0 atom stereocenters. The van der Waals surface area contributed by atoms with Crippen LogP contribution in [-0.4, -0.2) is 13.1 Å². The fraction of sp³-hybridized carbons (Fsp3) is 0.300. The molecule has 5 heteroatoms. The molecule has 0 radical (unpaired) electrons. The Morgan fingerprint density at radius 2 is 2.07 bits per heavy atom. The number of nitrogens with zero attached hydrogens (tertiary/aromatic N) is 4. The summed E-state index contributed by atoms with van der Waals surface area (Å²) in [5.41, 5.74) is 9.66. The zero-order valence-corrected chi connectivity index (χ0v) is 8.22. The van der Waals surface area contributed by atoms with Crippen molar-refractivity contribution >= 4 is 11.4 Å². The molecule has 0 unspecified atom stereocenters. The molecule has 0 spiro atoms. The molecule has 0 amide bonds. The maximum absolute atomic E-state index is 8.05. The van der Waals surface area contributed by atoms with Gasteiger partial charge in [0.05, 0.1) is 6.57 Å². The molecule has 76 valence electrons. The van der Waals surface area contributed by atoms with Crippen molar-refractivity contribution in [3.63, 3.8) is 0 Å². The van der Waals surface area contributed by atoms with Gasteiger partial charge < -0.3 is 5.32 Å². The molecule has 1 N–H and O–H groups in total. The molecule has 0 bridgehead atoms. The van der Waals surface area contributed by atoms with Gasteiger partial charge in [0.15, 0.2) is 5.69 Å². The Kier molecular flexibility index (Phi) is 4.58. The molecule has 1 rings (SSSR count). The monoisotopic (exact) mass is 201 g/mol. The van der Waals surface area contributed by atoms with Gasteiger partial charge in [-0.1, -0.05) is 17.2 Å². The number of hydrogen-bond acceptors (Lipinski definition) is 2. The highest BCUT2D eigenvalue weighted by Gasteiger charge is 1.92. The third kappa shape index (κ3) is 4.03. The van der Waals surface area contributed by atoms with Gasteiger partial charge >= 0.3 is 0 Å². The summed E-state index contributed by atoms with van der Waals surface area (Å²) in [5, 5.41) is 6.60. The van der Waals surface area contributed by atoms with Gasteiger partial charge in [-0.2, -0.15) is 0 Å². The van der Waals surface area contributed by atoms with Crippen LogP contribution in [0.5, 0.6) is 0 Å². The number of azide groups is 1. The lowest BCUT2D eigenvalue weighted by molar-refractivity contribution is 0.867. The lowest BCUT2D eigenvalue weighted by Gasteiger charge is -2.04. The molecule has 0 saturated heterocycles. The summed E-state index contributed by atoms with van der Waals surface area (Å²) in [6.07, 6.45) is 0.800. The van der Waals surface area contributed by atoms with Crippen LogP contribution in [0.4, 0.5) is 11.4 Å². The summed E-state index contributed by atoms with van der Waals surface area (Å²) in [6, 6.07) is 7.26. The number of hydrogen-bond donors (Lipinski definition) is 1. The van der Waals surface area contributed by atoms with Crippen molar-refractivity contribution in [1.82, 2.24) is 0 Å². The summed E-state index contributed by atoms with van der Waals surface area (Å²) in [7, 11) is 0. The SMILES string of the molecule is [C-]#[N+]c1ccc(NCCCN=[N+]=[N-])cc1. The van der Waals surface area contributed by atoms with E-state index in [1.165, 1.54) is 0 Å². The highest BCUT2D eigenvalue weighted by atomic mass is 15.1. The summed E-state index contributed by atoms with van der Waals surface area (Å²) < 4.78 is 0. The first kappa shape index (κ1) is 10.9. The lowest BCUT2D eigenvalue weighted by Crippen LogP contribution is -2.02. The van der Waals surface area contributed by atoms with Crippen LogP contribution in [0.15, 0.2) is 29.4 Å². The summed E-state index contributed by atoms with van der Waals surface area (Å²) in [6.45, 7) is 8.05. The first-order valence-corrected chi connectivity index (χ1v) is 4.59. The third-order valence-corrected chi connectivity index (χ3v) is 1.82. The summed E-state index contributed by atoms with van der Waals surface area (Å²) in [5.74, 6) is 0. The average molecular weight is 201 g/mol. The van der Waals surface area contributed by atoms with Crippen molar-refractivity contribution < 1.29 is 0 Å². The molecule has 1 aromatic carbocycles.